The van der Waals surface area contributed by atoms with Crippen molar-refractivity contribution >= 4 is 32.3 Å². The average Bonchev–Trinajstić information content (AvgIpc) is 3.81. The maximum Gasteiger partial charge on any atom is 0.164 e. The molecule has 2 aliphatic rings. The molecule has 0 unspecified atom stereocenters. The SMILES string of the molecule is c1ccc(-c2nc(-c3ccccc3)nc(-c3ccc4c(c3)c3ccccc3c3cccc(-c5ccc6c(c5)C5(c7ccccc7-c7ccccc75)c5ccccc5-6)c34)n2)cc1. The summed E-state index contributed by atoms with van der Waals surface area (Å²) in [7, 11) is 0. The topological polar surface area (TPSA) is 38.7 Å². The fourth-order valence-corrected chi connectivity index (χ4v) is 10.6. The van der Waals surface area contributed by atoms with Crippen LogP contribution in [-0.2, 0) is 5.41 Å². The van der Waals surface area contributed by atoms with Gasteiger partial charge in [-0.15, -0.1) is 0 Å². The zero-order valence-electron chi connectivity index (χ0n) is 33.0. The first kappa shape index (κ1) is 33.9. The van der Waals surface area contributed by atoms with Crippen LogP contribution in [0.15, 0.2) is 212 Å². The lowest BCUT2D eigenvalue weighted by Gasteiger charge is -2.30. The lowest BCUT2D eigenvalue weighted by molar-refractivity contribution is 0.794. The molecule has 0 radical (unpaired) electrons. The molecule has 0 aliphatic heterocycles. The first-order valence-electron chi connectivity index (χ1n) is 20.9. The largest absolute Gasteiger partial charge is 0.208 e. The van der Waals surface area contributed by atoms with Gasteiger partial charge in [0.05, 0.1) is 5.41 Å². The molecule has 1 aromatic heterocycles. The molecule has 0 atom stereocenters. The van der Waals surface area contributed by atoms with Crippen molar-refractivity contribution in [2.24, 2.45) is 0 Å². The van der Waals surface area contributed by atoms with Crippen LogP contribution in [0.25, 0.3) is 99.9 Å². The summed E-state index contributed by atoms with van der Waals surface area (Å²) in [4.78, 5) is 15.2. The number of benzene rings is 10. The molecule has 1 heterocycles. The summed E-state index contributed by atoms with van der Waals surface area (Å²) in [5.41, 5.74) is 15.5. The molecular formula is C58H35N3. The van der Waals surface area contributed by atoms with Crippen LogP contribution in [0, 0.1) is 0 Å². The summed E-state index contributed by atoms with van der Waals surface area (Å²) >= 11 is 0. The summed E-state index contributed by atoms with van der Waals surface area (Å²) in [6.45, 7) is 0. The second-order valence-corrected chi connectivity index (χ2v) is 16.2. The van der Waals surface area contributed by atoms with E-state index in [1.54, 1.807) is 0 Å². The molecule has 0 fully saturated rings. The zero-order chi connectivity index (χ0) is 40.1. The van der Waals surface area contributed by atoms with E-state index >= 15 is 0 Å². The number of hydrogen-bond donors (Lipinski definition) is 0. The first-order valence-corrected chi connectivity index (χ1v) is 20.9. The van der Waals surface area contributed by atoms with Gasteiger partial charge in [0, 0.05) is 16.7 Å². The third kappa shape index (κ3) is 4.83. The van der Waals surface area contributed by atoms with Gasteiger partial charge in [-0.1, -0.05) is 200 Å². The molecule has 61 heavy (non-hydrogen) atoms. The van der Waals surface area contributed by atoms with Gasteiger partial charge in [0.1, 0.15) is 0 Å². The Hall–Kier alpha value is -8.01. The van der Waals surface area contributed by atoms with Gasteiger partial charge in [-0.3, -0.25) is 0 Å². The Morgan fingerprint density at radius 3 is 1.26 bits per heavy atom. The highest BCUT2D eigenvalue weighted by atomic mass is 15.0. The Morgan fingerprint density at radius 2 is 0.672 bits per heavy atom. The molecule has 0 saturated heterocycles. The molecule has 0 amide bonds. The van der Waals surface area contributed by atoms with Crippen molar-refractivity contribution in [3.8, 4) is 67.5 Å². The smallest absolute Gasteiger partial charge is 0.164 e. The summed E-state index contributed by atoms with van der Waals surface area (Å²) < 4.78 is 0. The Bertz CT molecular complexity index is 3470. The Morgan fingerprint density at radius 1 is 0.246 bits per heavy atom. The fraction of sp³-hybridized carbons (Fsp3) is 0.0172. The second-order valence-electron chi connectivity index (χ2n) is 16.2. The third-order valence-electron chi connectivity index (χ3n) is 13.1. The lowest BCUT2D eigenvalue weighted by Crippen LogP contribution is -2.25. The summed E-state index contributed by atoms with van der Waals surface area (Å²) in [5.74, 6) is 1.95. The first-order chi connectivity index (χ1) is 30.3. The minimum atomic E-state index is -0.412. The van der Waals surface area contributed by atoms with E-state index in [1.807, 2.05) is 36.4 Å². The van der Waals surface area contributed by atoms with E-state index in [2.05, 4.69) is 176 Å². The molecule has 11 aromatic rings. The monoisotopic (exact) mass is 773 g/mol. The summed E-state index contributed by atoms with van der Waals surface area (Å²) in [6.07, 6.45) is 0. The quantitative estimate of drug-likeness (QED) is 0.167. The minimum Gasteiger partial charge on any atom is -0.208 e. The van der Waals surface area contributed by atoms with Crippen molar-refractivity contribution in [2.45, 2.75) is 5.41 Å². The molecule has 13 rings (SSSR count). The van der Waals surface area contributed by atoms with Crippen LogP contribution in [0.4, 0.5) is 0 Å². The van der Waals surface area contributed by atoms with Crippen molar-refractivity contribution < 1.29 is 0 Å². The van der Waals surface area contributed by atoms with E-state index in [0.29, 0.717) is 17.5 Å². The van der Waals surface area contributed by atoms with Crippen LogP contribution in [0.2, 0.25) is 0 Å². The van der Waals surface area contributed by atoms with E-state index < -0.39 is 5.41 Å². The van der Waals surface area contributed by atoms with Crippen molar-refractivity contribution in [3.63, 3.8) is 0 Å². The van der Waals surface area contributed by atoms with E-state index in [-0.39, 0.29) is 0 Å². The molecular weight excluding hydrogens is 739 g/mol. The maximum atomic E-state index is 5.11. The number of aromatic nitrogens is 3. The van der Waals surface area contributed by atoms with Crippen LogP contribution < -0.4 is 0 Å². The van der Waals surface area contributed by atoms with Crippen molar-refractivity contribution in [1.29, 1.82) is 0 Å². The molecule has 0 N–H and O–H groups in total. The standard InChI is InChI=1S/C58H35N3/c1-3-16-36(17-4-1)55-59-56(37-18-5-2-6-19-37)61-57(60-55)39-31-33-48-49(34-39)42-21-8-7-20-41(42)47-26-15-25-40(54(47)48)38-30-32-46-45-24-11-14-29-52(45)58(53(46)35-38)50-27-12-9-22-43(50)44-23-10-13-28-51(44)58/h1-35H. The predicted molar refractivity (Wildman–Crippen MR) is 250 cm³/mol. The van der Waals surface area contributed by atoms with Crippen LogP contribution in [0.3, 0.4) is 0 Å². The van der Waals surface area contributed by atoms with Crippen LogP contribution >= 0.6 is 0 Å². The lowest BCUT2D eigenvalue weighted by atomic mass is 9.70. The van der Waals surface area contributed by atoms with Crippen molar-refractivity contribution in [1.82, 2.24) is 15.0 Å². The van der Waals surface area contributed by atoms with Gasteiger partial charge in [0.2, 0.25) is 0 Å². The van der Waals surface area contributed by atoms with Gasteiger partial charge in [-0.25, -0.2) is 15.0 Å². The van der Waals surface area contributed by atoms with Gasteiger partial charge in [0.25, 0.3) is 0 Å². The highest BCUT2D eigenvalue weighted by molar-refractivity contribution is 6.28. The Kier molecular flexibility index (Phi) is 7.22. The molecule has 2 aliphatic carbocycles. The number of nitrogens with zero attached hydrogens (tertiary/aromatic N) is 3. The highest BCUT2D eigenvalue weighted by Crippen LogP contribution is 2.63. The van der Waals surface area contributed by atoms with Gasteiger partial charge in [-0.2, -0.15) is 0 Å². The molecule has 0 bridgehead atoms. The van der Waals surface area contributed by atoms with E-state index in [1.165, 1.54) is 88.0 Å². The molecule has 3 heteroatoms. The number of rotatable bonds is 4. The number of fused-ring (bicyclic) bond motifs is 16. The normalized spacial score (nSPS) is 13.0. The van der Waals surface area contributed by atoms with E-state index in [4.69, 9.17) is 15.0 Å². The van der Waals surface area contributed by atoms with Crippen LogP contribution in [0.5, 0.6) is 0 Å². The van der Waals surface area contributed by atoms with Gasteiger partial charge in [-0.05, 0) is 100 Å². The van der Waals surface area contributed by atoms with Crippen LogP contribution in [0.1, 0.15) is 22.3 Å². The molecule has 282 valence electrons. The molecule has 3 nitrogen and oxygen atoms in total. The minimum absolute atomic E-state index is 0.412. The molecule has 0 saturated carbocycles. The highest BCUT2D eigenvalue weighted by Gasteiger charge is 2.51. The molecule has 1 spiro atoms. The fourth-order valence-electron chi connectivity index (χ4n) is 10.6. The van der Waals surface area contributed by atoms with Gasteiger partial charge < -0.3 is 0 Å². The summed E-state index contributed by atoms with van der Waals surface area (Å²) in [5, 5.41) is 7.26. The van der Waals surface area contributed by atoms with Crippen LogP contribution in [-0.4, -0.2) is 15.0 Å². The van der Waals surface area contributed by atoms with Gasteiger partial charge in [0.15, 0.2) is 17.5 Å². The maximum absolute atomic E-state index is 5.11. The third-order valence-corrected chi connectivity index (χ3v) is 13.1. The van der Waals surface area contributed by atoms with E-state index in [9.17, 15) is 0 Å². The number of hydrogen-bond acceptors (Lipinski definition) is 3. The predicted octanol–water partition coefficient (Wildman–Crippen LogP) is 14.3. The van der Waals surface area contributed by atoms with Crippen molar-refractivity contribution in [2.75, 3.05) is 0 Å². The Balaban J connectivity index is 1.05. The second kappa shape index (κ2) is 13.0. The van der Waals surface area contributed by atoms with Gasteiger partial charge >= 0.3 is 0 Å². The molecule has 10 aromatic carbocycles. The average molecular weight is 774 g/mol. The van der Waals surface area contributed by atoms with Crippen molar-refractivity contribution in [3.05, 3.63) is 235 Å². The van der Waals surface area contributed by atoms with E-state index in [0.717, 1.165) is 16.7 Å². The Labute approximate surface area is 353 Å². The zero-order valence-corrected chi connectivity index (χ0v) is 33.0. The summed E-state index contributed by atoms with van der Waals surface area (Å²) in [6, 6.07) is 77.0.